The van der Waals surface area contributed by atoms with Crippen LogP contribution in [-0.4, -0.2) is 78.4 Å². The number of aryl methyl sites for hydroxylation is 1. The van der Waals surface area contributed by atoms with Crippen molar-refractivity contribution in [1.82, 2.24) is 34.2 Å². The fourth-order valence-corrected chi connectivity index (χ4v) is 8.22. The van der Waals surface area contributed by atoms with Gasteiger partial charge in [0, 0.05) is 56.2 Å². The number of benzene rings is 1. The molecule has 13 heteroatoms. The first-order valence-electron chi connectivity index (χ1n) is 19.3. The molecule has 54 heavy (non-hydrogen) atoms. The number of hydrogen-bond donors (Lipinski definition) is 2. The molecule has 3 fully saturated rings. The smallest absolute Gasteiger partial charge is 0.267 e. The zero-order valence-electron chi connectivity index (χ0n) is 31.2. The number of piperidine rings is 2. The van der Waals surface area contributed by atoms with Crippen LogP contribution in [0.3, 0.4) is 0 Å². The third-order valence-electron chi connectivity index (χ3n) is 11.1. The van der Waals surface area contributed by atoms with Crippen molar-refractivity contribution in [2.24, 2.45) is 5.92 Å². The van der Waals surface area contributed by atoms with Crippen LogP contribution in [0.25, 0.3) is 11.3 Å². The minimum Gasteiger partial charge on any atom is -0.490 e. The van der Waals surface area contributed by atoms with Gasteiger partial charge in [0.2, 0.25) is 5.91 Å². The number of aromatic nitrogens is 5. The van der Waals surface area contributed by atoms with Crippen molar-refractivity contribution in [2.75, 3.05) is 25.0 Å². The van der Waals surface area contributed by atoms with Gasteiger partial charge in [-0.1, -0.05) is 12.1 Å². The van der Waals surface area contributed by atoms with Gasteiger partial charge in [-0.05, 0) is 107 Å². The Morgan fingerprint density at radius 2 is 1.74 bits per heavy atom. The molecule has 3 amide bonds. The molecule has 1 atom stereocenters. The van der Waals surface area contributed by atoms with Crippen LogP contribution in [0, 0.1) is 12.8 Å². The topological polar surface area (TPSA) is 144 Å². The molecule has 1 aromatic carbocycles. The Morgan fingerprint density at radius 3 is 2.48 bits per heavy atom. The van der Waals surface area contributed by atoms with Crippen LogP contribution in [0.5, 0.6) is 11.5 Å². The maximum Gasteiger partial charge on any atom is 0.267 e. The number of imide groups is 1. The molecule has 2 aliphatic heterocycles. The standard InChI is InChI=1S/C41H48N8O5/c1-25(2)53-36-18-37-44-34(24-48(37)23-32(36)40(51)45-33-20-43-49-21-26(3)19-42-39(33)49)30-6-4-27(5-7-30)22-47-16-14-29(15-17-47)28-8-10-31(11-9-28)54-35-12-13-38(50)46-41(35)52/h8-11,18-21,23-25,27,29-30,35H,4-7,12-17,22H2,1-3H3,(H,45,51)(H,46,50,52). The number of anilines is 1. The lowest BCUT2D eigenvalue weighted by Gasteiger charge is -2.36. The Morgan fingerprint density at radius 1 is 0.963 bits per heavy atom. The van der Waals surface area contributed by atoms with Gasteiger partial charge in [-0.2, -0.15) is 5.10 Å². The average Bonchev–Trinajstić information content (AvgIpc) is 3.76. The second-order valence-electron chi connectivity index (χ2n) is 15.5. The molecule has 282 valence electrons. The molecular formula is C41H48N8O5. The first-order valence-corrected chi connectivity index (χ1v) is 19.3. The van der Waals surface area contributed by atoms with E-state index in [9.17, 15) is 14.4 Å². The second kappa shape index (κ2) is 15.2. The predicted octanol–water partition coefficient (Wildman–Crippen LogP) is 6.06. The number of nitrogens with zero attached hydrogens (tertiary/aromatic N) is 6. The number of likely N-dealkylation sites (tertiary alicyclic amines) is 1. The molecule has 0 bridgehead atoms. The number of fused-ring (bicyclic) bond motifs is 2. The molecule has 2 saturated heterocycles. The number of imidazole rings is 1. The van der Waals surface area contributed by atoms with E-state index in [1.54, 1.807) is 16.9 Å². The summed E-state index contributed by atoms with van der Waals surface area (Å²) in [4.78, 5) is 49.3. The lowest BCUT2D eigenvalue weighted by molar-refractivity contribution is -0.138. The molecule has 0 spiro atoms. The van der Waals surface area contributed by atoms with E-state index >= 15 is 0 Å². The van der Waals surface area contributed by atoms with Crippen LogP contribution in [0.4, 0.5) is 5.69 Å². The Hall–Kier alpha value is -5.30. The summed E-state index contributed by atoms with van der Waals surface area (Å²) in [6, 6.07) is 10.0. The van der Waals surface area contributed by atoms with E-state index in [1.165, 1.54) is 18.4 Å². The number of amides is 3. The zero-order chi connectivity index (χ0) is 37.3. The van der Waals surface area contributed by atoms with Gasteiger partial charge in [0.1, 0.15) is 22.8 Å². The Bertz CT molecular complexity index is 2160. The average molecular weight is 733 g/mol. The zero-order valence-corrected chi connectivity index (χ0v) is 31.2. The minimum absolute atomic E-state index is 0.115. The molecule has 13 nitrogen and oxygen atoms in total. The van der Waals surface area contributed by atoms with Gasteiger partial charge in [0.05, 0.1) is 23.6 Å². The highest BCUT2D eigenvalue weighted by Gasteiger charge is 2.30. The first-order chi connectivity index (χ1) is 26.1. The van der Waals surface area contributed by atoms with E-state index in [4.69, 9.17) is 14.5 Å². The summed E-state index contributed by atoms with van der Waals surface area (Å²) in [5.41, 5.74) is 5.67. The summed E-state index contributed by atoms with van der Waals surface area (Å²) in [6.45, 7) is 9.17. The highest BCUT2D eigenvalue weighted by Crippen LogP contribution is 2.38. The summed E-state index contributed by atoms with van der Waals surface area (Å²) in [6.07, 6.45) is 15.9. The normalized spacial score (nSPS) is 21.4. The number of nitrogens with one attached hydrogen (secondary N) is 2. The van der Waals surface area contributed by atoms with Crippen LogP contribution in [0.1, 0.15) is 104 Å². The lowest BCUT2D eigenvalue weighted by Crippen LogP contribution is -2.46. The molecule has 1 unspecified atom stereocenters. The van der Waals surface area contributed by atoms with E-state index in [-0.39, 0.29) is 23.8 Å². The van der Waals surface area contributed by atoms with Crippen LogP contribution >= 0.6 is 0 Å². The van der Waals surface area contributed by atoms with Crippen molar-refractivity contribution < 1.29 is 23.9 Å². The Labute approximate surface area is 314 Å². The quantitative estimate of drug-likeness (QED) is 0.164. The Balaban J connectivity index is 0.845. The van der Waals surface area contributed by atoms with E-state index < -0.39 is 6.10 Å². The molecular weight excluding hydrogens is 685 g/mol. The minimum atomic E-state index is -0.615. The van der Waals surface area contributed by atoms with Gasteiger partial charge in [-0.3, -0.25) is 19.7 Å². The number of carbonyl (C=O) groups excluding carboxylic acids is 3. The van der Waals surface area contributed by atoms with E-state index in [0.717, 1.165) is 62.2 Å². The number of pyridine rings is 1. The van der Waals surface area contributed by atoms with Gasteiger partial charge in [0.25, 0.3) is 11.8 Å². The second-order valence-corrected chi connectivity index (χ2v) is 15.5. The highest BCUT2D eigenvalue weighted by molar-refractivity contribution is 6.07. The van der Waals surface area contributed by atoms with Crippen molar-refractivity contribution in [3.05, 3.63) is 83.7 Å². The lowest BCUT2D eigenvalue weighted by atomic mass is 9.80. The van der Waals surface area contributed by atoms with Crippen molar-refractivity contribution >= 4 is 34.7 Å². The fourth-order valence-electron chi connectivity index (χ4n) is 8.22. The third-order valence-corrected chi connectivity index (χ3v) is 11.1. The van der Waals surface area contributed by atoms with Crippen LogP contribution in [-0.2, 0) is 9.59 Å². The van der Waals surface area contributed by atoms with Crippen LogP contribution in [0.15, 0.2) is 61.3 Å². The molecule has 1 aliphatic carbocycles. The maximum atomic E-state index is 13.6. The van der Waals surface area contributed by atoms with Crippen molar-refractivity contribution in [1.29, 1.82) is 0 Å². The molecule has 8 rings (SSSR count). The summed E-state index contributed by atoms with van der Waals surface area (Å²) < 4.78 is 15.6. The van der Waals surface area contributed by atoms with Gasteiger partial charge >= 0.3 is 0 Å². The third kappa shape index (κ3) is 7.82. The molecule has 5 aromatic rings. The van der Waals surface area contributed by atoms with E-state index in [0.29, 0.717) is 59.0 Å². The molecule has 1 saturated carbocycles. The molecule has 3 aliphatic rings. The number of ether oxygens (including phenoxy) is 2. The fraction of sp³-hybridized carbons (Fsp3) is 0.463. The summed E-state index contributed by atoms with van der Waals surface area (Å²) >= 11 is 0. The van der Waals surface area contributed by atoms with Gasteiger partial charge < -0.3 is 24.1 Å². The molecule has 0 radical (unpaired) electrons. The highest BCUT2D eigenvalue weighted by atomic mass is 16.5. The van der Waals surface area contributed by atoms with Gasteiger partial charge in [-0.15, -0.1) is 0 Å². The first kappa shape index (κ1) is 35.7. The number of hydrogen-bond acceptors (Lipinski definition) is 9. The monoisotopic (exact) mass is 732 g/mol. The van der Waals surface area contributed by atoms with E-state index in [2.05, 4.69) is 43.9 Å². The predicted molar refractivity (Wildman–Crippen MR) is 203 cm³/mol. The summed E-state index contributed by atoms with van der Waals surface area (Å²) in [5.74, 6) is 1.85. The molecule has 4 aromatic heterocycles. The maximum absolute atomic E-state index is 13.6. The number of rotatable bonds is 10. The van der Waals surface area contributed by atoms with Gasteiger partial charge in [0.15, 0.2) is 11.8 Å². The van der Waals surface area contributed by atoms with Crippen molar-refractivity contribution in [2.45, 2.75) is 96.2 Å². The molecule has 2 N–H and O–H groups in total. The van der Waals surface area contributed by atoms with E-state index in [1.807, 2.05) is 55.8 Å². The number of carbonyl (C=O) groups is 3. The molecule has 6 heterocycles. The van der Waals surface area contributed by atoms with Crippen molar-refractivity contribution in [3.63, 3.8) is 0 Å². The summed E-state index contributed by atoms with van der Waals surface area (Å²) in [5, 5.41) is 9.69. The van der Waals surface area contributed by atoms with Crippen molar-refractivity contribution in [3.8, 4) is 11.5 Å². The Kier molecular flexibility index (Phi) is 10.1. The SMILES string of the molecule is Cc1cnc2c(NC(=O)c3cn4cc(C5CCC(CN6CCC(c7ccc(OC8CCC(=O)NC8=O)cc7)CC6)CC5)nc4cc3OC(C)C)cnn2c1. The van der Waals surface area contributed by atoms with Crippen LogP contribution < -0.4 is 20.1 Å². The van der Waals surface area contributed by atoms with Crippen LogP contribution in [0.2, 0.25) is 0 Å². The summed E-state index contributed by atoms with van der Waals surface area (Å²) in [7, 11) is 0. The van der Waals surface area contributed by atoms with Gasteiger partial charge in [-0.25, -0.2) is 14.5 Å². The largest absolute Gasteiger partial charge is 0.490 e.